The summed E-state index contributed by atoms with van der Waals surface area (Å²) < 4.78 is 2.25. The first-order chi connectivity index (χ1) is 15.0. The summed E-state index contributed by atoms with van der Waals surface area (Å²) in [5.41, 5.74) is 4.00. The molecule has 3 atom stereocenters. The molecule has 3 aromatic rings. The van der Waals surface area contributed by atoms with Crippen molar-refractivity contribution >= 4 is 5.78 Å². The maximum Gasteiger partial charge on any atom is 0.176 e. The summed E-state index contributed by atoms with van der Waals surface area (Å²) in [7, 11) is 0. The van der Waals surface area contributed by atoms with Crippen LogP contribution in [0.1, 0.15) is 38.1 Å². The topological polar surface area (TPSA) is 71.6 Å². The Morgan fingerprint density at radius 1 is 1.16 bits per heavy atom. The van der Waals surface area contributed by atoms with Crippen molar-refractivity contribution in [2.45, 2.75) is 38.5 Å². The molecule has 0 amide bonds. The number of hydrogen-bond donors (Lipinski definition) is 0. The molecule has 0 radical (unpaired) electrons. The highest BCUT2D eigenvalue weighted by Crippen LogP contribution is 2.46. The standard InChI is InChI=1S/C26H24N4O/c1-17-19-8-9-22-24(26(2,14-19)15-20(16-27)23(17)31)29-25(18-10-12-28-13-11-18)30(22)21-6-4-3-5-7-21/h3-7,10-13,15,17,19H,8-9,14H2,1-2H3/t17-,19-,26+/m1/s1. The lowest BCUT2D eigenvalue weighted by molar-refractivity contribution is -0.119. The number of ketones is 1. The number of Topliss-reactive ketones (excluding diaryl/α,β-unsaturated/α-hetero) is 1. The molecule has 0 saturated carbocycles. The van der Waals surface area contributed by atoms with Gasteiger partial charge in [0.2, 0.25) is 0 Å². The molecule has 5 heteroatoms. The Labute approximate surface area is 182 Å². The largest absolute Gasteiger partial charge is 0.296 e. The van der Waals surface area contributed by atoms with Gasteiger partial charge in [0.05, 0.1) is 11.3 Å². The molecule has 0 saturated heterocycles. The third kappa shape index (κ3) is 3.11. The zero-order valence-electron chi connectivity index (χ0n) is 17.7. The van der Waals surface area contributed by atoms with Gasteiger partial charge in [-0.15, -0.1) is 0 Å². The smallest absolute Gasteiger partial charge is 0.176 e. The predicted molar refractivity (Wildman–Crippen MR) is 118 cm³/mol. The van der Waals surface area contributed by atoms with Gasteiger partial charge in [-0.2, -0.15) is 5.26 Å². The monoisotopic (exact) mass is 408 g/mol. The van der Waals surface area contributed by atoms with Gasteiger partial charge in [0.25, 0.3) is 0 Å². The molecular weight excluding hydrogens is 384 g/mol. The molecule has 2 bridgehead atoms. The van der Waals surface area contributed by atoms with Crippen LogP contribution in [-0.2, 0) is 16.6 Å². The van der Waals surface area contributed by atoms with Gasteiger partial charge in [-0.25, -0.2) is 4.98 Å². The number of nitriles is 1. The van der Waals surface area contributed by atoms with E-state index in [9.17, 15) is 10.1 Å². The van der Waals surface area contributed by atoms with Crippen LogP contribution in [-0.4, -0.2) is 20.3 Å². The number of rotatable bonds is 2. The summed E-state index contributed by atoms with van der Waals surface area (Å²) in [4.78, 5) is 22.2. The molecule has 0 aliphatic heterocycles. The van der Waals surface area contributed by atoms with E-state index in [4.69, 9.17) is 4.98 Å². The second-order valence-electron chi connectivity index (χ2n) is 8.88. The van der Waals surface area contributed by atoms with E-state index >= 15 is 0 Å². The number of nitrogens with zero attached hydrogens (tertiary/aromatic N) is 4. The van der Waals surface area contributed by atoms with Crippen LogP contribution >= 0.6 is 0 Å². The number of pyridine rings is 1. The molecule has 2 heterocycles. The highest BCUT2D eigenvalue weighted by atomic mass is 16.1. The van der Waals surface area contributed by atoms with Crippen LogP contribution in [0, 0.1) is 23.2 Å². The molecule has 2 aliphatic rings. The lowest BCUT2D eigenvalue weighted by atomic mass is 9.77. The molecule has 2 aromatic heterocycles. The van der Waals surface area contributed by atoms with E-state index < -0.39 is 5.41 Å². The van der Waals surface area contributed by atoms with Gasteiger partial charge in [0, 0.05) is 40.7 Å². The lowest BCUT2D eigenvalue weighted by Crippen LogP contribution is -2.24. The molecule has 5 rings (SSSR count). The second kappa shape index (κ2) is 7.31. The van der Waals surface area contributed by atoms with E-state index in [2.05, 4.69) is 34.7 Å². The summed E-state index contributed by atoms with van der Waals surface area (Å²) in [5.74, 6) is 0.911. The van der Waals surface area contributed by atoms with Crippen molar-refractivity contribution in [2.75, 3.05) is 0 Å². The van der Waals surface area contributed by atoms with E-state index in [-0.39, 0.29) is 23.2 Å². The third-order valence-electron chi connectivity index (χ3n) is 6.87. The fraction of sp³-hybridized carbons (Fsp3) is 0.308. The number of para-hydroxylation sites is 1. The summed E-state index contributed by atoms with van der Waals surface area (Å²) in [6.45, 7) is 4.10. The summed E-state index contributed by atoms with van der Waals surface area (Å²) in [5, 5.41) is 9.70. The lowest BCUT2D eigenvalue weighted by Gasteiger charge is -2.27. The van der Waals surface area contributed by atoms with E-state index in [1.807, 2.05) is 43.3 Å². The third-order valence-corrected chi connectivity index (χ3v) is 6.87. The summed E-state index contributed by atoms with van der Waals surface area (Å²) in [6, 6.07) is 16.4. The molecule has 0 spiro atoms. The maximum absolute atomic E-state index is 12.9. The Balaban J connectivity index is 1.80. The quantitative estimate of drug-likeness (QED) is 0.610. The number of hydrogen-bond acceptors (Lipinski definition) is 4. The Kier molecular flexibility index (Phi) is 4.59. The molecule has 1 aromatic carbocycles. The number of carbonyl (C=O) groups is 1. The Morgan fingerprint density at radius 3 is 2.61 bits per heavy atom. The zero-order valence-corrected chi connectivity index (χ0v) is 17.7. The fourth-order valence-electron chi connectivity index (χ4n) is 5.25. The van der Waals surface area contributed by atoms with Crippen LogP contribution < -0.4 is 0 Å². The number of imidazole rings is 1. The van der Waals surface area contributed by atoms with Crippen LogP contribution in [0.25, 0.3) is 17.1 Å². The van der Waals surface area contributed by atoms with Crippen molar-refractivity contribution in [3.05, 3.63) is 77.9 Å². The van der Waals surface area contributed by atoms with E-state index in [1.54, 1.807) is 12.4 Å². The molecule has 0 unspecified atom stereocenters. The summed E-state index contributed by atoms with van der Waals surface area (Å²) in [6.07, 6.45) is 8.00. The Morgan fingerprint density at radius 2 is 1.90 bits per heavy atom. The molecule has 0 fully saturated rings. The fourth-order valence-corrected chi connectivity index (χ4v) is 5.25. The molecule has 5 nitrogen and oxygen atoms in total. The molecule has 31 heavy (non-hydrogen) atoms. The highest BCUT2D eigenvalue weighted by molar-refractivity contribution is 6.01. The van der Waals surface area contributed by atoms with Crippen molar-refractivity contribution in [3.8, 4) is 23.1 Å². The van der Waals surface area contributed by atoms with Gasteiger partial charge in [0.15, 0.2) is 5.78 Å². The highest BCUT2D eigenvalue weighted by Gasteiger charge is 2.44. The molecule has 0 N–H and O–H groups in total. The average Bonchev–Trinajstić information content (AvgIpc) is 3.10. The van der Waals surface area contributed by atoms with Crippen molar-refractivity contribution in [1.29, 1.82) is 5.26 Å². The SMILES string of the molecule is C[C@H]1C(=O)C(C#N)=C[C@]2(C)C[C@H]1CCc1c2nc(-c2ccncc2)n1-c1ccccc1. The van der Waals surface area contributed by atoms with E-state index in [1.165, 1.54) is 0 Å². The number of benzene rings is 1. The first-order valence-electron chi connectivity index (χ1n) is 10.8. The number of fused-ring (bicyclic) bond motifs is 4. The van der Waals surface area contributed by atoms with Crippen LogP contribution in [0.2, 0.25) is 0 Å². The zero-order chi connectivity index (χ0) is 21.6. The van der Waals surface area contributed by atoms with Crippen LogP contribution in [0.3, 0.4) is 0 Å². The van der Waals surface area contributed by atoms with Gasteiger partial charge in [0.1, 0.15) is 11.9 Å². The Bertz CT molecular complexity index is 1220. The molecule has 2 aliphatic carbocycles. The van der Waals surface area contributed by atoms with Crippen LogP contribution in [0.5, 0.6) is 0 Å². The maximum atomic E-state index is 12.9. The second-order valence-corrected chi connectivity index (χ2v) is 8.88. The molecular formula is C26H24N4O. The summed E-state index contributed by atoms with van der Waals surface area (Å²) >= 11 is 0. The minimum atomic E-state index is -0.468. The van der Waals surface area contributed by atoms with E-state index in [0.717, 1.165) is 47.7 Å². The van der Waals surface area contributed by atoms with E-state index in [0.29, 0.717) is 0 Å². The number of allylic oxidation sites excluding steroid dienone is 2. The average molecular weight is 409 g/mol. The first-order valence-corrected chi connectivity index (χ1v) is 10.8. The van der Waals surface area contributed by atoms with Crippen molar-refractivity contribution < 1.29 is 4.79 Å². The van der Waals surface area contributed by atoms with Gasteiger partial charge < -0.3 is 0 Å². The normalized spacial score (nSPS) is 25.1. The van der Waals surface area contributed by atoms with Crippen LogP contribution in [0.15, 0.2) is 66.5 Å². The molecule has 154 valence electrons. The Hall–Kier alpha value is -3.52. The minimum absolute atomic E-state index is 0.0310. The predicted octanol–water partition coefficient (Wildman–Crippen LogP) is 4.81. The van der Waals surface area contributed by atoms with Gasteiger partial charge in [-0.05, 0) is 49.4 Å². The first kappa shape index (κ1) is 19.4. The van der Waals surface area contributed by atoms with Gasteiger partial charge in [-0.1, -0.05) is 38.1 Å². The van der Waals surface area contributed by atoms with Crippen molar-refractivity contribution in [1.82, 2.24) is 14.5 Å². The van der Waals surface area contributed by atoms with Crippen molar-refractivity contribution in [2.24, 2.45) is 11.8 Å². The van der Waals surface area contributed by atoms with Crippen molar-refractivity contribution in [3.63, 3.8) is 0 Å². The number of carbonyl (C=O) groups excluding carboxylic acids is 1. The number of aromatic nitrogens is 3. The van der Waals surface area contributed by atoms with Gasteiger partial charge >= 0.3 is 0 Å². The van der Waals surface area contributed by atoms with Gasteiger partial charge in [-0.3, -0.25) is 14.3 Å². The van der Waals surface area contributed by atoms with Crippen LogP contribution in [0.4, 0.5) is 0 Å². The minimum Gasteiger partial charge on any atom is -0.296 e.